The summed E-state index contributed by atoms with van der Waals surface area (Å²) in [6.45, 7) is 2.10. The van der Waals surface area contributed by atoms with E-state index in [0.717, 1.165) is 0 Å². The Morgan fingerprint density at radius 3 is 2.22 bits per heavy atom. The van der Waals surface area contributed by atoms with E-state index >= 15 is 0 Å². The maximum atomic E-state index is 10.0. The predicted octanol–water partition coefficient (Wildman–Crippen LogP) is 0.213. The van der Waals surface area contributed by atoms with Crippen LogP contribution in [0.2, 0.25) is 0 Å². The summed E-state index contributed by atoms with van der Waals surface area (Å²) in [6.07, 6.45) is 0. The number of hydrogen-bond donors (Lipinski definition) is 0. The number of hydrogen-bond acceptors (Lipinski definition) is 3. The normalized spacial score (nSPS) is 13.8. The van der Waals surface area contributed by atoms with Crippen molar-refractivity contribution in [1.29, 1.82) is 0 Å². The van der Waals surface area contributed by atoms with Gasteiger partial charge in [-0.05, 0) is 14.1 Å². The Bertz CT molecular complexity index is 103. The summed E-state index contributed by atoms with van der Waals surface area (Å²) in [6, 6.07) is -0.458. The lowest BCUT2D eigenvalue weighted by atomic mass is 10.3. The Kier molecular flexibility index (Phi) is 3.16. The highest BCUT2D eigenvalue weighted by molar-refractivity contribution is 4.50. The SMILES string of the molecule is CC(CN(C)C)[N+](=O)[O-]. The fraction of sp³-hybridized carbons (Fsp3) is 1.00. The Labute approximate surface area is 54.6 Å². The van der Waals surface area contributed by atoms with Crippen LogP contribution in [0.25, 0.3) is 0 Å². The highest BCUT2D eigenvalue weighted by Gasteiger charge is 2.12. The van der Waals surface area contributed by atoms with E-state index in [1.54, 1.807) is 11.8 Å². The van der Waals surface area contributed by atoms with E-state index in [1.165, 1.54) is 0 Å². The van der Waals surface area contributed by atoms with Crippen LogP contribution in [0.15, 0.2) is 0 Å². The van der Waals surface area contributed by atoms with Crippen LogP contribution in [-0.2, 0) is 0 Å². The highest BCUT2D eigenvalue weighted by Crippen LogP contribution is 1.88. The van der Waals surface area contributed by atoms with Crippen LogP contribution >= 0.6 is 0 Å². The van der Waals surface area contributed by atoms with Crippen LogP contribution in [-0.4, -0.2) is 36.5 Å². The number of rotatable bonds is 3. The second-order valence-corrected chi connectivity index (χ2v) is 2.40. The first-order valence-corrected chi connectivity index (χ1v) is 2.82. The van der Waals surface area contributed by atoms with E-state index in [-0.39, 0.29) is 4.92 Å². The largest absolute Gasteiger partial charge is 0.303 e. The van der Waals surface area contributed by atoms with Crippen molar-refractivity contribution in [2.24, 2.45) is 0 Å². The summed E-state index contributed by atoms with van der Waals surface area (Å²) in [7, 11) is 3.64. The summed E-state index contributed by atoms with van der Waals surface area (Å²) in [5.74, 6) is 0. The molecule has 0 heterocycles. The van der Waals surface area contributed by atoms with E-state index in [2.05, 4.69) is 0 Å². The van der Waals surface area contributed by atoms with Crippen LogP contribution in [0.3, 0.4) is 0 Å². The Hall–Kier alpha value is -0.640. The summed E-state index contributed by atoms with van der Waals surface area (Å²) in [5, 5.41) is 10.0. The average Bonchev–Trinajstić information content (AvgIpc) is 1.63. The molecule has 0 saturated carbocycles. The maximum Gasteiger partial charge on any atom is 0.222 e. The van der Waals surface area contributed by atoms with Crippen molar-refractivity contribution in [2.45, 2.75) is 13.0 Å². The molecule has 0 N–H and O–H groups in total. The smallest absolute Gasteiger partial charge is 0.222 e. The lowest BCUT2D eigenvalue weighted by Crippen LogP contribution is -2.29. The Morgan fingerprint density at radius 1 is 1.67 bits per heavy atom. The highest BCUT2D eigenvalue weighted by atomic mass is 16.6. The van der Waals surface area contributed by atoms with Crippen molar-refractivity contribution in [2.75, 3.05) is 20.6 Å². The van der Waals surface area contributed by atoms with Crippen LogP contribution in [0.4, 0.5) is 0 Å². The van der Waals surface area contributed by atoms with Gasteiger partial charge in [-0.3, -0.25) is 10.1 Å². The monoisotopic (exact) mass is 132 g/mol. The van der Waals surface area contributed by atoms with Gasteiger partial charge in [-0.1, -0.05) is 0 Å². The third kappa shape index (κ3) is 3.90. The molecule has 1 unspecified atom stereocenters. The minimum absolute atomic E-state index is 0.278. The molecule has 0 aliphatic heterocycles. The average molecular weight is 132 g/mol. The van der Waals surface area contributed by atoms with E-state index in [4.69, 9.17) is 0 Å². The zero-order valence-electron chi connectivity index (χ0n) is 6.00. The van der Waals surface area contributed by atoms with Gasteiger partial charge in [0, 0.05) is 11.8 Å². The van der Waals surface area contributed by atoms with Crippen LogP contribution < -0.4 is 0 Å². The molecular formula is C5H12N2O2. The van der Waals surface area contributed by atoms with E-state index in [0.29, 0.717) is 6.54 Å². The lowest BCUT2D eigenvalue weighted by molar-refractivity contribution is -0.518. The molecule has 0 amide bonds. The third-order valence-corrected chi connectivity index (χ3v) is 0.989. The molecule has 0 saturated heterocycles. The molecule has 0 bridgehead atoms. The van der Waals surface area contributed by atoms with Crippen molar-refractivity contribution in [3.05, 3.63) is 10.1 Å². The zero-order chi connectivity index (χ0) is 7.44. The van der Waals surface area contributed by atoms with Crippen molar-refractivity contribution in [3.63, 3.8) is 0 Å². The third-order valence-electron chi connectivity index (χ3n) is 0.989. The first kappa shape index (κ1) is 8.36. The minimum Gasteiger partial charge on any atom is -0.303 e. The molecule has 0 aliphatic rings. The van der Waals surface area contributed by atoms with Crippen molar-refractivity contribution >= 4 is 0 Å². The molecule has 0 aromatic rings. The summed E-state index contributed by atoms with van der Waals surface area (Å²) in [5.41, 5.74) is 0. The first-order chi connectivity index (χ1) is 4.04. The Balaban J connectivity index is 3.50. The van der Waals surface area contributed by atoms with Crippen LogP contribution in [0.5, 0.6) is 0 Å². The van der Waals surface area contributed by atoms with Crippen LogP contribution in [0.1, 0.15) is 6.92 Å². The van der Waals surface area contributed by atoms with E-state index in [1.807, 2.05) is 14.1 Å². The van der Waals surface area contributed by atoms with Gasteiger partial charge in [0.05, 0.1) is 6.54 Å². The molecule has 0 aromatic heterocycles. The van der Waals surface area contributed by atoms with Crippen molar-refractivity contribution in [1.82, 2.24) is 4.90 Å². The van der Waals surface area contributed by atoms with Crippen molar-refractivity contribution < 1.29 is 4.92 Å². The molecule has 4 nitrogen and oxygen atoms in total. The molecule has 4 heteroatoms. The molecule has 0 aliphatic carbocycles. The van der Waals surface area contributed by atoms with E-state index < -0.39 is 6.04 Å². The van der Waals surface area contributed by atoms with Gasteiger partial charge in [-0.2, -0.15) is 0 Å². The summed E-state index contributed by atoms with van der Waals surface area (Å²) >= 11 is 0. The maximum absolute atomic E-state index is 10.0. The van der Waals surface area contributed by atoms with E-state index in [9.17, 15) is 10.1 Å². The molecule has 54 valence electrons. The first-order valence-electron chi connectivity index (χ1n) is 2.82. The topological polar surface area (TPSA) is 46.4 Å². The van der Waals surface area contributed by atoms with Gasteiger partial charge in [0.25, 0.3) is 0 Å². The zero-order valence-corrected chi connectivity index (χ0v) is 6.00. The standard InChI is InChI=1S/C5H12N2O2/c1-5(7(8)9)4-6(2)3/h5H,4H2,1-3H3. The second kappa shape index (κ2) is 3.40. The fourth-order valence-corrected chi connectivity index (χ4v) is 0.595. The minimum atomic E-state index is -0.458. The van der Waals surface area contributed by atoms with Gasteiger partial charge in [0.15, 0.2) is 0 Å². The van der Waals surface area contributed by atoms with Crippen LogP contribution in [0, 0.1) is 10.1 Å². The van der Waals surface area contributed by atoms with Crippen molar-refractivity contribution in [3.8, 4) is 0 Å². The van der Waals surface area contributed by atoms with Gasteiger partial charge in [0.2, 0.25) is 6.04 Å². The number of likely N-dealkylation sites (N-methyl/N-ethyl adjacent to an activating group) is 1. The lowest BCUT2D eigenvalue weighted by Gasteiger charge is -2.09. The summed E-state index contributed by atoms with van der Waals surface area (Å²) in [4.78, 5) is 11.5. The molecule has 0 spiro atoms. The fourth-order valence-electron chi connectivity index (χ4n) is 0.595. The molecule has 1 atom stereocenters. The second-order valence-electron chi connectivity index (χ2n) is 2.40. The van der Waals surface area contributed by atoms with Gasteiger partial charge in [0.1, 0.15) is 0 Å². The van der Waals surface area contributed by atoms with Gasteiger partial charge < -0.3 is 4.90 Å². The van der Waals surface area contributed by atoms with Gasteiger partial charge in [-0.25, -0.2) is 0 Å². The summed E-state index contributed by atoms with van der Waals surface area (Å²) < 4.78 is 0. The molecular weight excluding hydrogens is 120 g/mol. The predicted molar refractivity (Wildman–Crippen MR) is 35.0 cm³/mol. The Morgan fingerprint density at radius 2 is 2.11 bits per heavy atom. The molecule has 0 rings (SSSR count). The molecule has 0 aromatic carbocycles. The molecule has 9 heavy (non-hydrogen) atoms. The molecule has 0 fully saturated rings. The quantitative estimate of drug-likeness (QED) is 0.407. The number of nitrogens with zero attached hydrogens (tertiary/aromatic N) is 2. The number of nitro groups is 1. The van der Waals surface area contributed by atoms with Gasteiger partial charge in [-0.15, -0.1) is 0 Å². The van der Waals surface area contributed by atoms with Gasteiger partial charge >= 0.3 is 0 Å². The molecule has 0 radical (unpaired) electrons.